The topological polar surface area (TPSA) is 129 Å². The van der Waals surface area contributed by atoms with Gasteiger partial charge in [-0.15, -0.1) is 22.1 Å². The number of aryl methyl sites for hydroxylation is 2. The van der Waals surface area contributed by atoms with Crippen molar-refractivity contribution in [2.75, 3.05) is 0 Å². The van der Waals surface area contributed by atoms with Gasteiger partial charge in [0.05, 0.1) is 34.2 Å². The first-order chi connectivity index (χ1) is 19.9. The van der Waals surface area contributed by atoms with E-state index in [4.69, 9.17) is 31.5 Å². The summed E-state index contributed by atoms with van der Waals surface area (Å²) in [4.78, 5) is 42.8. The monoisotopic (exact) mass is 636 g/mol. The number of aromatic nitrogens is 4. The Balaban J connectivity index is 0.00000423. The first-order valence-corrected chi connectivity index (χ1v) is 13.8. The summed E-state index contributed by atoms with van der Waals surface area (Å²) < 4.78 is 0. The van der Waals surface area contributed by atoms with Gasteiger partial charge in [-0.05, 0) is 62.0 Å². The third-order valence-corrected chi connectivity index (χ3v) is 8.24. The zero-order valence-electron chi connectivity index (χ0n) is 24.2. The summed E-state index contributed by atoms with van der Waals surface area (Å²) in [7, 11) is 0. The smallest absolute Gasteiger partial charge is 0.657 e. The minimum atomic E-state index is -1.02. The number of carboxylic acids is 2. The Kier molecular flexibility index (Phi) is 9.02. The van der Waals surface area contributed by atoms with Gasteiger partial charge in [-0.1, -0.05) is 66.2 Å². The van der Waals surface area contributed by atoms with Crippen LogP contribution in [0.5, 0.6) is 0 Å². The number of hydrogen-bond acceptors (Lipinski definition) is 4. The van der Waals surface area contributed by atoms with Gasteiger partial charge < -0.3 is 20.2 Å². The van der Waals surface area contributed by atoms with Crippen LogP contribution in [0.2, 0.25) is 5.02 Å². The molecule has 3 aromatic heterocycles. The fraction of sp³-hybridized carbons (Fsp3) is 0.212. The summed E-state index contributed by atoms with van der Waals surface area (Å²) in [6.07, 6.45) is 3.33. The SMILES string of the molecule is C=CC1=C(C)c2cc3[n-]c(cc4nc(cc5[n-]c(c(C)c5CC(=O)O)c(Cl)c1n2)C(CCC(=O)O)=C4C)c(C)c3C=C.[Fe+2]. The molecular formula is C33H29ClFeN4O4. The number of allylic oxidation sites excluding steroid dienone is 5. The first kappa shape index (κ1) is 31.8. The molecule has 3 aromatic rings. The minimum Gasteiger partial charge on any atom is -0.657 e. The summed E-state index contributed by atoms with van der Waals surface area (Å²) in [5.41, 5.74) is 10.6. The largest absolute Gasteiger partial charge is 2.00 e. The van der Waals surface area contributed by atoms with Crippen molar-refractivity contribution in [3.8, 4) is 0 Å². The van der Waals surface area contributed by atoms with E-state index in [9.17, 15) is 19.8 Å². The molecule has 0 aliphatic carbocycles. The number of carboxylic acid groups (broad SMARTS) is 2. The molecular weight excluding hydrogens is 608 g/mol. The van der Waals surface area contributed by atoms with Gasteiger partial charge in [-0.3, -0.25) is 9.59 Å². The van der Waals surface area contributed by atoms with Crippen molar-refractivity contribution in [1.82, 2.24) is 19.9 Å². The maximum Gasteiger partial charge on any atom is 2.00 e. The third kappa shape index (κ3) is 5.64. The van der Waals surface area contributed by atoms with Crippen molar-refractivity contribution >= 4 is 74.0 Å². The van der Waals surface area contributed by atoms with Crippen molar-refractivity contribution < 1.29 is 36.9 Å². The van der Waals surface area contributed by atoms with Crippen LogP contribution >= 0.6 is 11.6 Å². The van der Waals surface area contributed by atoms with E-state index in [0.717, 1.165) is 33.4 Å². The second-order valence-electron chi connectivity index (χ2n) is 10.4. The van der Waals surface area contributed by atoms with Gasteiger partial charge in [0.25, 0.3) is 0 Å². The molecule has 8 nitrogen and oxygen atoms in total. The van der Waals surface area contributed by atoms with E-state index in [-0.39, 0.29) is 41.4 Å². The summed E-state index contributed by atoms with van der Waals surface area (Å²) in [5, 5.41) is 19.4. The van der Waals surface area contributed by atoms with Crippen molar-refractivity contribution in [1.29, 1.82) is 0 Å². The molecule has 0 aromatic carbocycles. The van der Waals surface area contributed by atoms with Gasteiger partial charge in [0.15, 0.2) is 0 Å². The molecule has 220 valence electrons. The van der Waals surface area contributed by atoms with E-state index in [1.54, 1.807) is 25.1 Å². The van der Waals surface area contributed by atoms with Crippen LogP contribution in [-0.4, -0.2) is 32.1 Å². The predicted octanol–water partition coefficient (Wildman–Crippen LogP) is 7.02. The van der Waals surface area contributed by atoms with Crippen LogP contribution in [0.1, 0.15) is 71.7 Å². The number of rotatable bonds is 7. The third-order valence-electron chi connectivity index (χ3n) is 7.88. The average molecular weight is 637 g/mol. The van der Waals surface area contributed by atoms with E-state index in [0.29, 0.717) is 56.0 Å². The van der Waals surface area contributed by atoms with Gasteiger partial charge in [-0.25, -0.2) is 9.97 Å². The van der Waals surface area contributed by atoms with Gasteiger partial charge in [0.1, 0.15) is 0 Å². The Morgan fingerprint density at radius 1 is 0.860 bits per heavy atom. The molecule has 0 fully saturated rings. The molecule has 2 aliphatic rings. The molecule has 0 saturated carbocycles. The van der Waals surface area contributed by atoms with Crippen LogP contribution < -0.4 is 9.97 Å². The van der Waals surface area contributed by atoms with Crippen LogP contribution in [-0.2, 0) is 33.1 Å². The molecule has 2 aliphatic heterocycles. The van der Waals surface area contributed by atoms with Crippen molar-refractivity contribution in [2.45, 2.75) is 47.0 Å². The van der Waals surface area contributed by atoms with Crippen molar-refractivity contribution in [2.24, 2.45) is 0 Å². The second-order valence-corrected chi connectivity index (χ2v) is 10.7. The Labute approximate surface area is 264 Å². The number of aliphatic carboxylic acids is 2. The summed E-state index contributed by atoms with van der Waals surface area (Å²) in [6.45, 7) is 15.6. The zero-order chi connectivity index (χ0) is 30.5. The van der Waals surface area contributed by atoms with E-state index < -0.39 is 11.9 Å². The van der Waals surface area contributed by atoms with E-state index in [1.165, 1.54) is 0 Å². The Morgan fingerprint density at radius 3 is 2.14 bits per heavy atom. The summed E-state index contributed by atoms with van der Waals surface area (Å²) >= 11 is 7.00. The van der Waals surface area contributed by atoms with Crippen LogP contribution in [0, 0.1) is 13.8 Å². The van der Waals surface area contributed by atoms with Crippen LogP contribution in [0.3, 0.4) is 0 Å². The molecule has 5 heterocycles. The maximum absolute atomic E-state index is 11.9. The standard InChI is InChI=1S/C33H31ClN4O4.Fe/c1-7-19-15(3)23-12-24-17(5)21(9-10-29(39)40)27(36-24)14-28-22(11-30(41)42)18(6)32(38-28)31(34)33-20(8-2)16(4)25(37-33)13-26(19)35-23;/h7-8,12-14H,1-2,9-11H2,3-6H3,(H4,35,36,37,38,39,40,41,42);/q;+2/p-2. The normalized spacial score (nSPS) is 12.8. The zero-order valence-corrected chi connectivity index (χ0v) is 26.0. The summed E-state index contributed by atoms with van der Waals surface area (Å²) in [6, 6.07) is 5.49. The Morgan fingerprint density at radius 2 is 1.51 bits per heavy atom. The summed E-state index contributed by atoms with van der Waals surface area (Å²) in [5.74, 6) is -1.94. The predicted molar refractivity (Wildman–Crippen MR) is 167 cm³/mol. The minimum absolute atomic E-state index is 0. The van der Waals surface area contributed by atoms with Crippen LogP contribution in [0.25, 0.3) is 50.4 Å². The van der Waals surface area contributed by atoms with Crippen molar-refractivity contribution in [3.05, 3.63) is 87.5 Å². The molecule has 10 heteroatoms. The molecule has 0 amide bonds. The van der Waals surface area contributed by atoms with E-state index in [1.807, 2.05) is 32.9 Å². The first-order valence-electron chi connectivity index (χ1n) is 13.4. The molecule has 8 bridgehead atoms. The van der Waals surface area contributed by atoms with Gasteiger partial charge >= 0.3 is 29.0 Å². The number of fused-ring (bicyclic) bond motifs is 8. The molecule has 0 unspecified atom stereocenters. The van der Waals surface area contributed by atoms with Crippen LogP contribution in [0.4, 0.5) is 0 Å². The molecule has 5 rings (SSSR count). The van der Waals surface area contributed by atoms with E-state index >= 15 is 0 Å². The molecule has 0 spiro atoms. The van der Waals surface area contributed by atoms with Gasteiger partial charge in [0, 0.05) is 12.0 Å². The van der Waals surface area contributed by atoms with Crippen LogP contribution in [0.15, 0.2) is 37.4 Å². The van der Waals surface area contributed by atoms with Crippen molar-refractivity contribution in [3.63, 3.8) is 0 Å². The number of nitrogens with zero attached hydrogens (tertiary/aromatic N) is 4. The average Bonchev–Trinajstić information content (AvgIpc) is 3.60. The quantitative estimate of drug-likeness (QED) is 0.265. The second kappa shape index (κ2) is 12.2. The van der Waals surface area contributed by atoms with Gasteiger partial charge in [0.2, 0.25) is 0 Å². The fourth-order valence-corrected chi connectivity index (χ4v) is 5.83. The fourth-order valence-electron chi connectivity index (χ4n) is 5.50. The number of hydrogen-bond donors (Lipinski definition) is 2. The van der Waals surface area contributed by atoms with Gasteiger partial charge in [-0.2, -0.15) is 0 Å². The Bertz CT molecular complexity index is 1960. The number of halogens is 1. The number of carbonyl (C=O) groups is 2. The molecule has 43 heavy (non-hydrogen) atoms. The Hall–Kier alpha value is -4.17. The van der Waals surface area contributed by atoms with E-state index in [2.05, 4.69) is 13.2 Å². The molecule has 0 atom stereocenters. The maximum atomic E-state index is 11.9. The molecule has 2 N–H and O–H groups in total. The molecule has 0 radical (unpaired) electrons. The molecule has 0 saturated heterocycles.